The molecule has 0 aliphatic rings. The Hall–Kier alpha value is -2.37. The van der Waals surface area contributed by atoms with E-state index in [1.54, 1.807) is 31.2 Å². The third-order valence-electron chi connectivity index (χ3n) is 2.10. The Morgan fingerprint density at radius 3 is 2.44 bits per heavy atom. The molecule has 0 saturated heterocycles. The minimum atomic E-state index is -0.946. The molecule has 1 aromatic rings. The second kappa shape index (κ2) is 6.39. The van der Waals surface area contributed by atoms with Gasteiger partial charge in [-0.05, 0) is 24.6 Å². The molecule has 0 aliphatic heterocycles. The minimum Gasteiger partial charge on any atom is -0.497 e. The summed E-state index contributed by atoms with van der Waals surface area (Å²) in [5.74, 6) is -0.316. The number of carbonyl (C=O) groups excluding carboxylic acids is 1. The summed E-state index contributed by atoms with van der Waals surface area (Å²) in [4.78, 5) is 21.3. The standard InChI is InChI=1S/C12H13NO5/c1-3-18-12(14)11(13(15)16)8-9-4-6-10(17-2)7-5-9/h4-8H,3H2,1-2H3/b11-8-. The molecule has 0 spiro atoms. The van der Waals surface area contributed by atoms with E-state index in [1.807, 2.05) is 0 Å². The number of hydrogen-bond donors (Lipinski definition) is 0. The molecule has 0 aromatic heterocycles. The summed E-state index contributed by atoms with van der Waals surface area (Å²) in [6, 6.07) is 6.52. The molecule has 0 bridgehead atoms. The molecule has 0 atom stereocenters. The van der Waals surface area contributed by atoms with E-state index < -0.39 is 16.6 Å². The van der Waals surface area contributed by atoms with Crippen LogP contribution in [0.15, 0.2) is 30.0 Å². The average Bonchev–Trinajstić information content (AvgIpc) is 2.36. The van der Waals surface area contributed by atoms with Gasteiger partial charge in [0.2, 0.25) is 0 Å². The first-order chi connectivity index (χ1) is 8.58. The number of benzene rings is 1. The topological polar surface area (TPSA) is 78.7 Å². The SMILES string of the molecule is CCOC(=O)/C(=C/c1ccc(OC)cc1)[N+](=O)[O-]. The van der Waals surface area contributed by atoms with Gasteiger partial charge in [-0.25, -0.2) is 4.79 Å². The van der Waals surface area contributed by atoms with Crippen molar-refractivity contribution in [3.05, 3.63) is 45.6 Å². The lowest BCUT2D eigenvalue weighted by atomic mass is 10.2. The van der Waals surface area contributed by atoms with E-state index in [0.29, 0.717) is 11.3 Å². The number of esters is 1. The minimum absolute atomic E-state index is 0.0899. The molecular weight excluding hydrogens is 238 g/mol. The van der Waals surface area contributed by atoms with Crippen LogP contribution in [0.1, 0.15) is 12.5 Å². The maximum Gasteiger partial charge on any atom is 0.409 e. The third-order valence-corrected chi connectivity index (χ3v) is 2.10. The lowest BCUT2D eigenvalue weighted by Crippen LogP contribution is -2.14. The molecule has 0 amide bonds. The van der Waals surface area contributed by atoms with Gasteiger partial charge in [0.1, 0.15) is 5.75 Å². The van der Waals surface area contributed by atoms with Gasteiger partial charge < -0.3 is 9.47 Å². The smallest absolute Gasteiger partial charge is 0.409 e. The molecular formula is C12H13NO5. The third kappa shape index (κ3) is 3.58. The predicted molar refractivity (Wildman–Crippen MR) is 64.6 cm³/mol. The van der Waals surface area contributed by atoms with E-state index in [0.717, 1.165) is 6.08 Å². The maximum atomic E-state index is 11.4. The van der Waals surface area contributed by atoms with Crippen LogP contribution < -0.4 is 4.74 Å². The summed E-state index contributed by atoms with van der Waals surface area (Å²) in [6.07, 6.45) is 1.16. The molecule has 0 unspecified atom stereocenters. The van der Waals surface area contributed by atoms with E-state index in [4.69, 9.17) is 4.74 Å². The van der Waals surface area contributed by atoms with Crippen molar-refractivity contribution in [3.63, 3.8) is 0 Å². The summed E-state index contributed by atoms with van der Waals surface area (Å²) in [6.45, 7) is 1.68. The van der Waals surface area contributed by atoms with Crippen LogP contribution in [0.2, 0.25) is 0 Å². The summed E-state index contributed by atoms with van der Waals surface area (Å²) < 4.78 is 9.57. The first-order valence-corrected chi connectivity index (χ1v) is 5.25. The average molecular weight is 251 g/mol. The Morgan fingerprint density at radius 1 is 1.39 bits per heavy atom. The molecule has 0 heterocycles. The molecule has 6 heteroatoms. The maximum absolute atomic E-state index is 11.4. The van der Waals surface area contributed by atoms with E-state index in [2.05, 4.69) is 4.74 Å². The number of hydrogen-bond acceptors (Lipinski definition) is 5. The highest BCUT2D eigenvalue weighted by Crippen LogP contribution is 2.14. The zero-order valence-electron chi connectivity index (χ0n) is 10.1. The van der Waals surface area contributed by atoms with E-state index in [1.165, 1.54) is 7.11 Å². The number of nitro groups is 1. The Labute approximate surface area is 104 Å². The van der Waals surface area contributed by atoms with Gasteiger partial charge >= 0.3 is 11.7 Å². The molecule has 1 aromatic carbocycles. The molecule has 1 rings (SSSR count). The molecule has 96 valence electrons. The number of ether oxygens (including phenoxy) is 2. The van der Waals surface area contributed by atoms with Gasteiger partial charge in [0.05, 0.1) is 18.6 Å². The number of carbonyl (C=O) groups is 1. The van der Waals surface area contributed by atoms with Crippen molar-refractivity contribution in [1.29, 1.82) is 0 Å². The lowest BCUT2D eigenvalue weighted by Gasteiger charge is -2.01. The van der Waals surface area contributed by atoms with Gasteiger partial charge in [0.15, 0.2) is 0 Å². The zero-order chi connectivity index (χ0) is 13.5. The highest BCUT2D eigenvalue weighted by Gasteiger charge is 2.23. The van der Waals surface area contributed by atoms with Crippen molar-refractivity contribution < 1.29 is 19.2 Å². The Morgan fingerprint density at radius 2 is 2.00 bits per heavy atom. The number of rotatable bonds is 5. The largest absolute Gasteiger partial charge is 0.497 e. The van der Waals surface area contributed by atoms with Crippen LogP contribution in [0.4, 0.5) is 0 Å². The van der Waals surface area contributed by atoms with Gasteiger partial charge in [-0.15, -0.1) is 0 Å². The van der Waals surface area contributed by atoms with Crippen LogP contribution in [0, 0.1) is 10.1 Å². The fourth-order valence-corrected chi connectivity index (χ4v) is 1.25. The van der Waals surface area contributed by atoms with Crippen molar-refractivity contribution in [2.75, 3.05) is 13.7 Å². The van der Waals surface area contributed by atoms with Crippen molar-refractivity contribution in [2.24, 2.45) is 0 Å². The molecule has 0 radical (unpaired) electrons. The Bertz CT molecular complexity index is 464. The fourth-order valence-electron chi connectivity index (χ4n) is 1.25. The molecule has 0 aliphatic carbocycles. The second-order valence-electron chi connectivity index (χ2n) is 3.28. The van der Waals surface area contributed by atoms with Crippen LogP contribution in [-0.4, -0.2) is 24.6 Å². The van der Waals surface area contributed by atoms with Crippen LogP contribution in [-0.2, 0) is 9.53 Å². The van der Waals surface area contributed by atoms with Crippen molar-refractivity contribution in [2.45, 2.75) is 6.92 Å². The molecule has 0 saturated carbocycles. The van der Waals surface area contributed by atoms with Gasteiger partial charge in [0, 0.05) is 6.08 Å². The van der Waals surface area contributed by atoms with Crippen LogP contribution in [0.3, 0.4) is 0 Å². The molecule has 18 heavy (non-hydrogen) atoms. The highest BCUT2D eigenvalue weighted by molar-refractivity contribution is 5.90. The highest BCUT2D eigenvalue weighted by atomic mass is 16.6. The lowest BCUT2D eigenvalue weighted by molar-refractivity contribution is -0.419. The van der Waals surface area contributed by atoms with E-state index >= 15 is 0 Å². The second-order valence-corrected chi connectivity index (χ2v) is 3.28. The Kier molecular flexibility index (Phi) is 4.86. The Balaban J connectivity index is 3.00. The van der Waals surface area contributed by atoms with Crippen molar-refractivity contribution >= 4 is 12.0 Å². The number of methoxy groups -OCH3 is 1. The van der Waals surface area contributed by atoms with Gasteiger partial charge in [-0.3, -0.25) is 10.1 Å². The van der Waals surface area contributed by atoms with Gasteiger partial charge in [-0.2, -0.15) is 0 Å². The summed E-state index contributed by atoms with van der Waals surface area (Å²) in [5, 5.41) is 10.8. The monoisotopic (exact) mass is 251 g/mol. The number of nitrogens with zero attached hydrogens (tertiary/aromatic N) is 1. The van der Waals surface area contributed by atoms with Crippen molar-refractivity contribution in [1.82, 2.24) is 0 Å². The predicted octanol–water partition coefficient (Wildman–Crippen LogP) is 1.88. The molecule has 6 nitrogen and oxygen atoms in total. The van der Waals surface area contributed by atoms with Crippen LogP contribution >= 0.6 is 0 Å². The van der Waals surface area contributed by atoms with Gasteiger partial charge in [0.25, 0.3) is 0 Å². The van der Waals surface area contributed by atoms with Crippen LogP contribution in [0.5, 0.6) is 5.75 Å². The van der Waals surface area contributed by atoms with E-state index in [9.17, 15) is 14.9 Å². The van der Waals surface area contributed by atoms with Crippen molar-refractivity contribution in [3.8, 4) is 5.75 Å². The fraction of sp³-hybridized carbons (Fsp3) is 0.250. The summed E-state index contributed by atoms with van der Waals surface area (Å²) >= 11 is 0. The molecule has 0 N–H and O–H groups in total. The zero-order valence-corrected chi connectivity index (χ0v) is 10.1. The quantitative estimate of drug-likeness (QED) is 0.345. The van der Waals surface area contributed by atoms with E-state index in [-0.39, 0.29) is 6.61 Å². The first-order valence-electron chi connectivity index (χ1n) is 5.25. The summed E-state index contributed by atoms with van der Waals surface area (Å²) in [7, 11) is 1.52. The summed E-state index contributed by atoms with van der Waals surface area (Å²) in [5.41, 5.74) is -0.0717. The molecule has 0 fully saturated rings. The van der Waals surface area contributed by atoms with Crippen LogP contribution in [0.25, 0.3) is 6.08 Å². The first kappa shape index (κ1) is 13.7. The van der Waals surface area contributed by atoms with Gasteiger partial charge in [-0.1, -0.05) is 12.1 Å². The normalized spacial score (nSPS) is 10.9.